The second-order valence-corrected chi connectivity index (χ2v) is 10.7. The highest BCUT2D eigenvalue weighted by Gasteiger charge is 2.72. The lowest BCUT2D eigenvalue weighted by Crippen LogP contribution is -2.33. The van der Waals surface area contributed by atoms with Gasteiger partial charge >= 0.3 is 6.18 Å². The van der Waals surface area contributed by atoms with Crippen LogP contribution in [0, 0.1) is 5.41 Å². The molecule has 238 valence electrons. The number of hydrogen-bond acceptors (Lipinski definition) is 4. The van der Waals surface area contributed by atoms with E-state index in [9.17, 15) is 40.3 Å². The fourth-order valence-corrected chi connectivity index (χ4v) is 3.77. The van der Waals surface area contributed by atoms with Crippen LogP contribution in [0.5, 0.6) is 0 Å². The van der Waals surface area contributed by atoms with Gasteiger partial charge in [-0.15, -0.1) is 0 Å². The van der Waals surface area contributed by atoms with E-state index in [1.54, 1.807) is 6.07 Å². The quantitative estimate of drug-likeness (QED) is 0.326. The summed E-state index contributed by atoms with van der Waals surface area (Å²) in [7, 11) is 0. The number of carbonyl (C=O) groups is 2. The molecular formula is C28H40F7N5O2. The van der Waals surface area contributed by atoms with Gasteiger partial charge in [0.05, 0.1) is 31.1 Å². The Bertz CT molecular complexity index is 1160. The summed E-state index contributed by atoms with van der Waals surface area (Å²) in [5.74, 6) is -6.82. The fraction of sp³-hybridized carbons (Fsp3) is 0.714. The van der Waals surface area contributed by atoms with Gasteiger partial charge in [-0.25, -0.2) is 27.1 Å². The van der Waals surface area contributed by atoms with E-state index in [1.165, 1.54) is 43.1 Å². The first-order valence-electron chi connectivity index (χ1n) is 14.3. The van der Waals surface area contributed by atoms with Gasteiger partial charge in [0.1, 0.15) is 5.41 Å². The van der Waals surface area contributed by atoms with Crippen LogP contribution in [-0.2, 0) is 22.7 Å². The number of aromatic nitrogens is 3. The van der Waals surface area contributed by atoms with Crippen LogP contribution >= 0.6 is 0 Å². The topological polar surface area (TPSA) is 88.4 Å². The summed E-state index contributed by atoms with van der Waals surface area (Å²) >= 11 is 0. The first kappa shape index (κ1) is 35.3. The van der Waals surface area contributed by atoms with E-state index >= 15 is 0 Å². The molecule has 2 amide bonds. The van der Waals surface area contributed by atoms with Crippen LogP contribution in [-0.4, -0.2) is 44.4 Å². The summed E-state index contributed by atoms with van der Waals surface area (Å²) in [5.41, 5.74) is -0.407. The highest BCUT2D eigenvalue weighted by molar-refractivity contribution is 5.86. The summed E-state index contributed by atoms with van der Waals surface area (Å²) in [6.45, 7) is 5.12. The molecule has 0 radical (unpaired) electrons. The predicted octanol–water partition coefficient (Wildman–Crippen LogP) is 7.13. The smallest absolute Gasteiger partial charge is 0.352 e. The lowest BCUT2D eigenvalue weighted by Gasteiger charge is -2.20. The van der Waals surface area contributed by atoms with Crippen molar-refractivity contribution in [2.75, 3.05) is 0 Å². The van der Waals surface area contributed by atoms with Gasteiger partial charge in [-0.05, 0) is 31.4 Å². The van der Waals surface area contributed by atoms with E-state index < -0.39 is 54.5 Å². The van der Waals surface area contributed by atoms with Gasteiger partial charge in [-0.2, -0.15) is 18.3 Å². The Morgan fingerprint density at radius 2 is 1.52 bits per heavy atom. The summed E-state index contributed by atoms with van der Waals surface area (Å²) in [5, 5.41) is 8.86. The van der Waals surface area contributed by atoms with E-state index in [0.29, 0.717) is 29.7 Å². The van der Waals surface area contributed by atoms with Crippen molar-refractivity contribution >= 4 is 17.5 Å². The fourth-order valence-electron chi connectivity index (χ4n) is 3.77. The Morgan fingerprint density at radius 1 is 0.952 bits per heavy atom. The number of carbonyl (C=O) groups excluding carboxylic acids is 2. The number of halogens is 7. The van der Waals surface area contributed by atoms with Crippen molar-refractivity contribution < 1.29 is 40.3 Å². The molecule has 1 unspecified atom stereocenters. The van der Waals surface area contributed by atoms with Gasteiger partial charge in [0.2, 0.25) is 17.7 Å². The molecule has 0 aromatic carbocycles. The predicted molar refractivity (Wildman–Crippen MR) is 143 cm³/mol. The van der Waals surface area contributed by atoms with Crippen LogP contribution in [0.2, 0.25) is 0 Å². The number of imidazole rings is 1. The molecular weight excluding hydrogens is 571 g/mol. The third kappa shape index (κ3) is 11.7. The zero-order chi connectivity index (χ0) is 31.6. The molecule has 3 fully saturated rings. The van der Waals surface area contributed by atoms with Crippen molar-refractivity contribution in [2.24, 2.45) is 5.41 Å². The first-order valence-corrected chi connectivity index (χ1v) is 14.3. The maximum Gasteiger partial charge on any atom is 0.389 e. The monoisotopic (exact) mass is 611 g/mol. The van der Waals surface area contributed by atoms with Crippen LogP contribution in [0.1, 0.15) is 103 Å². The van der Waals surface area contributed by atoms with Gasteiger partial charge in [0, 0.05) is 32.2 Å². The molecule has 0 saturated heterocycles. The molecule has 0 bridgehead atoms. The van der Waals surface area contributed by atoms with Gasteiger partial charge < -0.3 is 10.6 Å². The third-order valence-corrected chi connectivity index (χ3v) is 6.68. The normalized spacial score (nSPS) is 21.3. The Hall–Kier alpha value is -2.93. The Balaban J connectivity index is 0.000000390. The van der Waals surface area contributed by atoms with Crippen molar-refractivity contribution in [1.29, 1.82) is 0 Å². The zero-order valence-electron chi connectivity index (χ0n) is 24.2. The van der Waals surface area contributed by atoms with Crippen LogP contribution in [0.4, 0.5) is 30.7 Å². The lowest BCUT2D eigenvalue weighted by molar-refractivity contribution is -0.144. The van der Waals surface area contributed by atoms with E-state index in [-0.39, 0.29) is 25.9 Å². The molecule has 42 heavy (non-hydrogen) atoms. The first-order chi connectivity index (χ1) is 19.6. The summed E-state index contributed by atoms with van der Waals surface area (Å²) in [6.07, 6.45) is 3.33. The van der Waals surface area contributed by atoms with Crippen LogP contribution in [0.3, 0.4) is 0 Å². The van der Waals surface area contributed by atoms with E-state index in [2.05, 4.69) is 20.7 Å². The van der Waals surface area contributed by atoms with E-state index in [4.69, 9.17) is 0 Å². The van der Waals surface area contributed by atoms with Crippen LogP contribution in [0.25, 0.3) is 5.65 Å². The van der Waals surface area contributed by atoms with Crippen molar-refractivity contribution in [2.45, 2.75) is 123 Å². The average molecular weight is 612 g/mol. The van der Waals surface area contributed by atoms with Crippen LogP contribution in [0.15, 0.2) is 18.5 Å². The molecule has 2 aromatic heterocycles. The number of nitrogens with zero attached hydrogens (tertiary/aromatic N) is 3. The van der Waals surface area contributed by atoms with Gasteiger partial charge in [0.15, 0.2) is 5.65 Å². The van der Waals surface area contributed by atoms with Crippen molar-refractivity contribution in [1.82, 2.24) is 25.2 Å². The molecule has 0 spiro atoms. The van der Waals surface area contributed by atoms with Crippen LogP contribution < -0.4 is 10.6 Å². The molecule has 0 aliphatic heterocycles. The van der Waals surface area contributed by atoms with Crippen molar-refractivity contribution in [3.05, 3.63) is 29.7 Å². The molecule has 14 heteroatoms. The average Bonchev–Trinajstić information content (AvgIpc) is 3.84. The van der Waals surface area contributed by atoms with Crippen molar-refractivity contribution in [3.8, 4) is 0 Å². The van der Waals surface area contributed by atoms with Gasteiger partial charge in [-0.1, -0.05) is 39.5 Å². The standard InChI is InChI=1S/C17H18F5N5O2.C6H10F2.C3H6.C2H6/c1-15(9-16(15,18)19)14(29)24-7-11-8-27-12(26-11)4-10(6-25-27)5-23-13(28)2-3-17(20,21)22;7-6(8)4-2-1-3-5-6;1-2-3-1;1-2/h4,6,8H,2-3,5,7,9H2,1H3,(H,23,28)(H,24,29);1-5H2;1-3H2;1-2H3. The van der Waals surface area contributed by atoms with E-state index in [1.807, 2.05) is 13.8 Å². The Morgan fingerprint density at radius 3 is 2.00 bits per heavy atom. The number of amides is 2. The number of rotatable bonds is 7. The highest BCUT2D eigenvalue weighted by atomic mass is 19.4. The second kappa shape index (κ2) is 15.0. The second-order valence-electron chi connectivity index (χ2n) is 10.7. The largest absolute Gasteiger partial charge is 0.389 e. The molecule has 2 heterocycles. The van der Waals surface area contributed by atoms with Gasteiger partial charge in [-0.3, -0.25) is 9.59 Å². The molecule has 2 aromatic rings. The highest BCUT2D eigenvalue weighted by Crippen LogP contribution is 2.60. The maximum absolute atomic E-state index is 13.2. The molecule has 3 saturated carbocycles. The molecule has 3 aliphatic carbocycles. The number of alkyl halides is 7. The maximum atomic E-state index is 13.2. The summed E-state index contributed by atoms with van der Waals surface area (Å²) < 4.78 is 88.6. The number of nitrogens with one attached hydrogen (secondary N) is 2. The molecule has 5 rings (SSSR count). The molecule has 2 N–H and O–H groups in total. The molecule has 1 atom stereocenters. The summed E-state index contributed by atoms with van der Waals surface area (Å²) in [4.78, 5) is 27.6. The molecule has 3 aliphatic rings. The number of hydrogen-bond donors (Lipinski definition) is 2. The Kier molecular flexibility index (Phi) is 12.6. The van der Waals surface area contributed by atoms with Gasteiger partial charge in [0.25, 0.3) is 5.92 Å². The minimum atomic E-state index is -4.40. The number of fused-ring (bicyclic) bond motifs is 1. The zero-order valence-corrected chi connectivity index (χ0v) is 24.2. The lowest BCUT2D eigenvalue weighted by atomic mass is 9.97. The minimum absolute atomic E-state index is 0.0213. The SMILES string of the molecule is C1CC1.CC.CC1(C(=O)NCc2cn3ncc(CNC(=O)CCC(F)(F)F)cc3n2)CC1(F)F.FC1(F)CCCCC1. The third-order valence-electron chi connectivity index (χ3n) is 6.68. The van der Waals surface area contributed by atoms with Crippen molar-refractivity contribution in [3.63, 3.8) is 0 Å². The summed E-state index contributed by atoms with van der Waals surface area (Å²) in [6, 6.07) is 1.57. The Labute approximate surface area is 241 Å². The molecule has 7 nitrogen and oxygen atoms in total. The minimum Gasteiger partial charge on any atom is -0.352 e. The van der Waals surface area contributed by atoms with E-state index in [0.717, 1.165) is 6.42 Å².